The lowest BCUT2D eigenvalue weighted by Crippen LogP contribution is -2.50. The molecule has 33 heavy (non-hydrogen) atoms. The molecule has 0 radical (unpaired) electrons. The number of anilines is 1. The van der Waals surface area contributed by atoms with Crippen molar-refractivity contribution in [2.75, 3.05) is 31.1 Å². The Hall–Kier alpha value is -2.17. The number of thiophene rings is 1. The summed E-state index contributed by atoms with van der Waals surface area (Å²) < 4.78 is 33.7. The van der Waals surface area contributed by atoms with E-state index in [0.29, 0.717) is 30.4 Å². The maximum atomic E-state index is 13.1. The fourth-order valence-corrected chi connectivity index (χ4v) is 6.92. The number of pyridine rings is 1. The summed E-state index contributed by atoms with van der Waals surface area (Å²) in [5.74, 6) is 0.688. The van der Waals surface area contributed by atoms with Crippen LogP contribution in [0, 0.1) is 0 Å². The number of halogens is 1. The molecule has 1 amide bonds. The lowest BCUT2D eigenvalue weighted by atomic mass is 10.2. The Bertz CT molecular complexity index is 1280. The predicted molar refractivity (Wildman–Crippen MR) is 135 cm³/mol. The van der Waals surface area contributed by atoms with Gasteiger partial charge in [-0.2, -0.15) is 0 Å². The Morgan fingerprint density at radius 2 is 1.88 bits per heavy atom. The quantitative estimate of drug-likeness (QED) is 0.449. The summed E-state index contributed by atoms with van der Waals surface area (Å²) in [7, 11) is -3.49. The van der Waals surface area contributed by atoms with Gasteiger partial charge in [-0.15, -0.1) is 11.3 Å². The van der Waals surface area contributed by atoms with Crippen LogP contribution in [0.25, 0.3) is 10.1 Å². The van der Waals surface area contributed by atoms with Crippen LogP contribution >= 0.6 is 27.3 Å². The van der Waals surface area contributed by atoms with Gasteiger partial charge in [-0.1, -0.05) is 28.1 Å². The lowest BCUT2D eigenvalue weighted by Gasteiger charge is -2.36. The van der Waals surface area contributed by atoms with Crippen molar-refractivity contribution in [2.45, 2.75) is 36.3 Å². The topological polar surface area (TPSA) is 79.8 Å². The van der Waals surface area contributed by atoms with Crippen LogP contribution in [0.15, 0.2) is 51.3 Å². The van der Waals surface area contributed by atoms with Crippen LogP contribution in [-0.4, -0.2) is 56.2 Å². The van der Waals surface area contributed by atoms with E-state index in [0.717, 1.165) is 25.9 Å². The first-order valence-electron chi connectivity index (χ1n) is 10.6. The van der Waals surface area contributed by atoms with Crippen molar-refractivity contribution in [2.24, 2.45) is 0 Å². The van der Waals surface area contributed by atoms with Crippen molar-refractivity contribution in [1.29, 1.82) is 0 Å². The van der Waals surface area contributed by atoms with Gasteiger partial charge in [0.1, 0.15) is 15.6 Å². The van der Waals surface area contributed by atoms with Crippen molar-refractivity contribution >= 4 is 59.1 Å². The normalized spacial score (nSPS) is 15.2. The summed E-state index contributed by atoms with van der Waals surface area (Å²) >= 11 is 4.66. The van der Waals surface area contributed by atoms with E-state index in [-0.39, 0.29) is 11.8 Å². The van der Waals surface area contributed by atoms with Crippen molar-refractivity contribution < 1.29 is 17.9 Å². The van der Waals surface area contributed by atoms with Gasteiger partial charge < -0.3 is 14.5 Å². The molecule has 10 heteroatoms. The first kappa shape index (κ1) is 24.0. The molecule has 1 aliphatic heterocycles. The Balaban J connectivity index is 1.53. The summed E-state index contributed by atoms with van der Waals surface area (Å²) in [5, 5.41) is 0.820. The van der Waals surface area contributed by atoms with Crippen LogP contribution in [0.2, 0.25) is 0 Å². The Morgan fingerprint density at radius 3 is 2.55 bits per heavy atom. The van der Waals surface area contributed by atoms with Crippen LogP contribution < -0.4 is 4.90 Å². The van der Waals surface area contributed by atoms with E-state index in [2.05, 4.69) is 25.8 Å². The third kappa shape index (κ3) is 5.67. The van der Waals surface area contributed by atoms with Crippen molar-refractivity contribution in [3.8, 4) is 0 Å². The van der Waals surface area contributed by atoms with Gasteiger partial charge in [0.05, 0.1) is 5.75 Å². The smallest absolute Gasteiger partial charge is 0.410 e. The van der Waals surface area contributed by atoms with Crippen molar-refractivity contribution in [3.63, 3.8) is 0 Å². The third-order valence-electron chi connectivity index (χ3n) is 5.18. The van der Waals surface area contributed by atoms with E-state index < -0.39 is 15.4 Å². The van der Waals surface area contributed by atoms with Gasteiger partial charge in [-0.05, 0) is 50.6 Å². The van der Waals surface area contributed by atoms with Gasteiger partial charge in [0.25, 0.3) is 0 Å². The number of aromatic nitrogens is 1. The lowest BCUT2D eigenvalue weighted by molar-refractivity contribution is 0.0240. The third-order valence-corrected chi connectivity index (χ3v) is 9.03. The molecule has 1 saturated heterocycles. The number of fused-ring (bicyclic) bond motifs is 1. The fourth-order valence-electron chi connectivity index (χ4n) is 3.68. The summed E-state index contributed by atoms with van der Waals surface area (Å²) in [6.45, 7) is 7.79. The molecule has 1 aromatic carbocycles. The molecule has 3 aromatic rings. The minimum absolute atomic E-state index is 0.0589. The molecule has 7 nitrogen and oxygen atoms in total. The predicted octanol–water partition coefficient (Wildman–Crippen LogP) is 5.09. The molecule has 0 aliphatic carbocycles. The monoisotopic (exact) mass is 551 g/mol. The molecule has 0 unspecified atom stereocenters. The van der Waals surface area contributed by atoms with Crippen LogP contribution in [0.5, 0.6) is 0 Å². The van der Waals surface area contributed by atoms with E-state index in [1.54, 1.807) is 17.2 Å². The molecule has 0 spiro atoms. The molecule has 0 N–H and O–H groups in total. The number of benzene rings is 1. The molecule has 4 rings (SSSR count). The zero-order chi connectivity index (χ0) is 23.8. The van der Waals surface area contributed by atoms with Gasteiger partial charge in [0.15, 0.2) is 9.84 Å². The first-order valence-corrected chi connectivity index (χ1v) is 13.9. The molecule has 0 atom stereocenters. The van der Waals surface area contributed by atoms with Gasteiger partial charge >= 0.3 is 6.09 Å². The summed E-state index contributed by atoms with van der Waals surface area (Å²) in [4.78, 5) is 20.7. The number of nitrogens with zero attached hydrogens (tertiary/aromatic N) is 3. The second-order valence-corrected chi connectivity index (χ2v) is 13.2. The summed E-state index contributed by atoms with van der Waals surface area (Å²) in [6, 6.07) is 10.9. The minimum Gasteiger partial charge on any atom is -0.444 e. The number of ether oxygens (including phenoxy) is 1. The highest BCUT2D eigenvalue weighted by molar-refractivity contribution is 9.10. The number of carbonyl (C=O) groups excluding carboxylic acids is 1. The zero-order valence-electron chi connectivity index (χ0n) is 18.7. The molecule has 1 aliphatic rings. The number of hydrogen-bond acceptors (Lipinski definition) is 7. The van der Waals surface area contributed by atoms with Crippen molar-refractivity contribution in [3.05, 3.63) is 52.6 Å². The first-order chi connectivity index (χ1) is 15.5. The Morgan fingerprint density at radius 1 is 1.15 bits per heavy atom. The van der Waals surface area contributed by atoms with E-state index in [9.17, 15) is 13.2 Å². The maximum Gasteiger partial charge on any atom is 0.410 e. The molecule has 176 valence electrons. The van der Waals surface area contributed by atoms with Crippen LogP contribution in [0.3, 0.4) is 0 Å². The number of carbonyl (C=O) groups is 1. The van der Waals surface area contributed by atoms with E-state index in [4.69, 9.17) is 4.74 Å². The largest absolute Gasteiger partial charge is 0.444 e. The highest BCUT2D eigenvalue weighted by atomic mass is 79.9. The highest BCUT2D eigenvalue weighted by Crippen LogP contribution is 2.36. The number of rotatable bonds is 4. The number of sulfone groups is 1. The number of amides is 1. The van der Waals surface area contributed by atoms with Gasteiger partial charge in [0, 0.05) is 46.9 Å². The van der Waals surface area contributed by atoms with Crippen LogP contribution in [0.1, 0.15) is 26.3 Å². The van der Waals surface area contributed by atoms with Gasteiger partial charge in [-0.3, -0.25) is 0 Å². The zero-order valence-corrected chi connectivity index (χ0v) is 22.0. The van der Waals surface area contributed by atoms with Crippen LogP contribution in [0.4, 0.5) is 10.6 Å². The van der Waals surface area contributed by atoms with E-state index in [1.165, 1.54) is 11.3 Å². The maximum absolute atomic E-state index is 13.1. The van der Waals surface area contributed by atoms with Gasteiger partial charge in [0.2, 0.25) is 0 Å². The second-order valence-electron chi connectivity index (χ2n) is 8.96. The average molecular weight is 553 g/mol. The molecular formula is C23H26BrN3O4S2. The fraction of sp³-hybridized carbons (Fsp3) is 0.391. The SMILES string of the molecule is CC(C)(C)OC(=O)N1CCN(c2nccc3sc(S(=O)(=O)Cc4cccc(Br)c4)cc23)CC1. The van der Waals surface area contributed by atoms with Crippen molar-refractivity contribution in [1.82, 2.24) is 9.88 Å². The molecule has 3 heterocycles. The minimum atomic E-state index is -3.49. The molecule has 0 saturated carbocycles. The Kier molecular flexibility index (Phi) is 6.70. The van der Waals surface area contributed by atoms with E-state index in [1.807, 2.05) is 51.1 Å². The average Bonchev–Trinajstić information content (AvgIpc) is 3.18. The molecule has 2 aromatic heterocycles. The van der Waals surface area contributed by atoms with Gasteiger partial charge in [-0.25, -0.2) is 18.2 Å². The summed E-state index contributed by atoms with van der Waals surface area (Å²) in [6.07, 6.45) is 1.39. The van der Waals surface area contributed by atoms with E-state index >= 15 is 0 Å². The summed E-state index contributed by atoms with van der Waals surface area (Å²) in [5.41, 5.74) is 0.203. The van der Waals surface area contributed by atoms with Crippen LogP contribution in [-0.2, 0) is 20.3 Å². The number of hydrogen-bond donors (Lipinski definition) is 0. The second kappa shape index (κ2) is 9.23. The molecule has 1 fully saturated rings. The Labute approximate surface area is 206 Å². The number of piperazine rings is 1. The molecule has 0 bridgehead atoms. The highest BCUT2D eigenvalue weighted by Gasteiger charge is 2.28. The molecular weight excluding hydrogens is 526 g/mol. The standard InChI is InChI=1S/C23H26BrN3O4S2/c1-23(2,3)31-22(28)27-11-9-26(10-12-27)21-18-14-20(32-19(18)7-8-25-21)33(29,30)15-16-5-4-6-17(24)13-16/h4-8,13-14H,9-12,15H2,1-3H3.